The average Bonchev–Trinajstić information content (AvgIpc) is 3.20. The van der Waals surface area contributed by atoms with Crippen LogP contribution >= 0.6 is 11.3 Å². The van der Waals surface area contributed by atoms with Gasteiger partial charge >= 0.3 is 5.97 Å². The zero-order valence-electron chi connectivity index (χ0n) is 17.3. The minimum atomic E-state index is -3.88. The molecule has 0 atom stereocenters. The molecule has 0 saturated carbocycles. The number of sulfonamides is 1. The molecule has 0 aliphatic carbocycles. The molecule has 3 aromatic rings. The number of thiazole rings is 1. The number of hydrogen-bond acceptors (Lipinski definition) is 8. The Balaban J connectivity index is 1.66. The van der Waals surface area contributed by atoms with Crippen LogP contribution in [0.2, 0.25) is 0 Å². The average molecular weight is 476 g/mol. The van der Waals surface area contributed by atoms with Gasteiger partial charge < -0.3 is 9.47 Å². The van der Waals surface area contributed by atoms with Crippen molar-refractivity contribution in [1.29, 1.82) is 0 Å². The third-order valence-electron chi connectivity index (χ3n) is 4.18. The van der Waals surface area contributed by atoms with Gasteiger partial charge in [-0.3, -0.25) is 19.6 Å². The van der Waals surface area contributed by atoms with E-state index in [1.165, 1.54) is 42.7 Å². The number of carbonyl (C=O) groups is 2. The van der Waals surface area contributed by atoms with Crippen molar-refractivity contribution >= 4 is 44.1 Å². The maximum atomic E-state index is 12.7. The number of aromatic nitrogens is 1. The second-order valence-electron chi connectivity index (χ2n) is 6.41. The molecular weight excluding hydrogens is 454 g/mol. The number of carbonyl (C=O) groups excluding carboxylic acids is 2. The number of methoxy groups -OCH3 is 1. The number of rotatable bonds is 9. The molecule has 2 aromatic carbocycles. The lowest BCUT2D eigenvalue weighted by atomic mass is 10.2. The summed E-state index contributed by atoms with van der Waals surface area (Å²) in [6.45, 7) is 2.00. The van der Waals surface area contributed by atoms with Gasteiger partial charge in [-0.05, 0) is 43.3 Å². The minimum absolute atomic E-state index is 0.00840. The van der Waals surface area contributed by atoms with Gasteiger partial charge in [0.2, 0.25) is 0 Å². The Hall–Kier alpha value is -3.44. The molecule has 9 nitrogen and oxygen atoms in total. The van der Waals surface area contributed by atoms with E-state index in [0.29, 0.717) is 22.3 Å². The molecule has 1 amide bonds. The molecule has 0 bridgehead atoms. The Kier molecular flexibility index (Phi) is 7.44. The summed E-state index contributed by atoms with van der Waals surface area (Å²) in [6.07, 6.45) is 0.0198. The first kappa shape index (κ1) is 23.2. The summed E-state index contributed by atoms with van der Waals surface area (Å²) in [4.78, 5) is 28.2. The fourth-order valence-corrected chi connectivity index (χ4v) is 4.47. The molecular formula is C21H21N3O6S2. The highest BCUT2D eigenvalue weighted by atomic mass is 32.2. The van der Waals surface area contributed by atoms with Gasteiger partial charge in [-0.2, -0.15) is 0 Å². The lowest BCUT2D eigenvalue weighted by Gasteiger charge is -2.12. The van der Waals surface area contributed by atoms with Gasteiger partial charge in [-0.25, -0.2) is 13.4 Å². The van der Waals surface area contributed by atoms with Gasteiger partial charge in [0.25, 0.3) is 15.9 Å². The largest absolute Gasteiger partial charge is 0.495 e. The van der Waals surface area contributed by atoms with E-state index in [0.717, 1.165) is 0 Å². The van der Waals surface area contributed by atoms with Crippen LogP contribution in [0, 0.1) is 0 Å². The number of anilines is 2. The molecule has 168 valence electrons. The highest BCUT2D eigenvalue weighted by Crippen LogP contribution is 2.26. The summed E-state index contributed by atoms with van der Waals surface area (Å²) in [5.74, 6) is -0.462. The van der Waals surface area contributed by atoms with Crippen molar-refractivity contribution in [3.05, 3.63) is 65.2 Å². The molecule has 1 heterocycles. The Morgan fingerprint density at radius 1 is 1.09 bits per heavy atom. The predicted molar refractivity (Wildman–Crippen MR) is 121 cm³/mol. The molecule has 0 unspecified atom stereocenters. The molecule has 32 heavy (non-hydrogen) atoms. The number of hydrogen-bond donors (Lipinski definition) is 2. The van der Waals surface area contributed by atoms with Gasteiger partial charge in [0.1, 0.15) is 5.75 Å². The van der Waals surface area contributed by atoms with E-state index in [4.69, 9.17) is 9.47 Å². The maximum absolute atomic E-state index is 12.7. The quantitative estimate of drug-likeness (QED) is 0.455. The van der Waals surface area contributed by atoms with Crippen molar-refractivity contribution in [2.75, 3.05) is 23.8 Å². The molecule has 0 saturated heterocycles. The fraction of sp³-hybridized carbons (Fsp3) is 0.190. The van der Waals surface area contributed by atoms with E-state index in [1.54, 1.807) is 36.6 Å². The third kappa shape index (κ3) is 5.83. The summed E-state index contributed by atoms with van der Waals surface area (Å²) in [5.41, 5.74) is 1.05. The van der Waals surface area contributed by atoms with E-state index in [9.17, 15) is 18.0 Å². The van der Waals surface area contributed by atoms with Crippen molar-refractivity contribution in [2.24, 2.45) is 0 Å². The molecule has 1 aromatic heterocycles. The van der Waals surface area contributed by atoms with Crippen molar-refractivity contribution < 1.29 is 27.5 Å². The summed E-state index contributed by atoms with van der Waals surface area (Å²) >= 11 is 1.18. The van der Waals surface area contributed by atoms with E-state index < -0.39 is 21.9 Å². The molecule has 0 spiro atoms. The summed E-state index contributed by atoms with van der Waals surface area (Å²) in [6, 6.07) is 12.1. The number of ether oxygens (including phenoxy) is 2. The third-order valence-corrected chi connectivity index (χ3v) is 6.37. The SMILES string of the molecule is CCOC(=O)Cc1csc(NC(=O)c2ccc(S(=O)(=O)Nc3ccccc3OC)cc2)n1. The lowest BCUT2D eigenvalue weighted by molar-refractivity contribution is -0.142. The highest BCUT2D eigenvalue weighted by Gasteiger charge is 2.18. The van der Waals surface area contributed by atoms with Gasteiger partial charge in [-0.1, -0.05) is 12.1 Å². The van der Waals surface area contributed by atoms with Gasteiger partial charge in [0, 0.05) is 10.9 Å². The Morgan fingerprint density at radius 2 is 1.81 bits per heavy atom. The summed E-state index contributed by atoms with van der Waals surface area (Å²) in [7, 11) is -2.43. The number of para-hydroxylation sites is 2. The normalized spacial score (nSPS) is 10.9. The minimum Gasteiger partial charge on any atom is -0.495 e. The molecule has 0 aliphatic heterocycles. The molecule has 0 fully saturated rings. The Bertz CT molecular complexity index is 1210. The number of esters is 1. The van der Waals surface area contributed by atoms with Crippen LogP contribution in [0.5, 0.6) is 5.75 Å². The molecule has 0 aliphatic rings. The molecule has 11 heteroatoms. The standard InChI is InChI=1S/C21H21N3O6S2/c1-3-30-19(25)12-15-13-31-21(22-15)23-20(26)14-8-10-16(11-9-14)32(27,28)24-17-6-4-5-7-18(17)29-2/h4-11,13,24H,3,12H2,1-2H3,(H,22,23,26). The predicted octanol–water partition coefficient (Wildman–Crippen LogP) is 3.31. The first-order valence-electron chi connectivity index (χ1n) is 9.49. The van der Waals surface area contributed by atoms with Crippen LogP contribution in [0.3, 0.4) is 0 Å². The number of amides is 1. The van der Waals surface area contributed by atoms with E-state index in [1.807, 2.05) is 0 Å². The fourth-order valence-electron chi connectivity index (χ4n) is 2.69. The second-order valence-corrected chi connectivity index (χ2v) is 8.95. The van der Waals surface area contributed by atoms with Crippen molar-refractivity contribution in [3.63, 3.8) is 0 Å². The summed E-state index contributed by atoms with van der Waals surface area (Å²) in [5, 5.41) is 4.61. The monoisotopic (exact) mass is 475 g/mol. The van der Waals surface area contributed by atoms with Crippen LogP contribution in [-0.2, 0) is 26.0 Å². The van der Waals surface area contributed by atoms with Gasteiger partial charge in [0.05, 0.1) is 36.4 Å². The maximum Gasteiger partial charge on any atom is 0.311 e. The molecule has 3 rings (SSSR count). The molecule has 0 radical (unpaired) electrons. The smallest absolute Gasteiger partial charge is 0.311 e. The number of nitrogens with one attached hydrogen (secondary N) is 2. The van der Waals surface area contributed by atoms with Crippen molar-refractivity contribution in [3.8, 4) is 5.75 Å². The van der Waals surface area contributed by atoms with E-state index >= 15 is 0 Å². The van der Waals surface area contributed by atoms with Crippen LogP contribution in [0.25, 0.3) is 0 Å². The number of benzene rings is 2. The van der Waals surface area contributed by atoms with Gasteiger partial charge in [0.15, 0.2) is 5.13 Å². The van der Waals surface area contributed by atoms with Crippen LogP contribution in [0.1, 0.15) is 23.0 Å². The first-order valence-corrected chi connectivity index (χ1v) is 11.9. The zero-order chi connectivity index (χ0) is 23.1. The molecule has 2 N–H and O–H groups in total. The number of nitrogens with zero attached hydrogens (tertiary/aromatic N) is 1. The summed E-state index contributed by atoms with van der Waals surface area (Å²) < 4.78 is 37.8. The van der Waals surface area contributed by atoms with Crippen LogP contribution in [0.15, 0.2) is 58.8 Å². The van der Waals surface area contributed by atoms with Crippen molar-refractivity contribution in [2.45, 2.75) is 18.2 Å². The highest BCUT2D eigenvalue weighted by molar-refractivity contribution is 7.92. The Labute approximate surface area is 189 Å². The van der Waals surface area contributed by atoms with Crippen LogP contribution in [0.4, 0.5) is 10.8 Å². The zero-order valence-corrected chi connectivity index (χ0v) is 19.0. The van der Waals surface area contributed by atoms with Crippen molar-refractivity contribution in [1.82, 2.24) is 4.98 Å². The second kappa shape index (κ2) is 10.2. The topological polar surface area (TPSA) is 124 Å². The van der Waals surface area contributed by atoms with Crippen LogP contribution < -0.4 is 14.8 Å². The van der Waals surface area contributed by atoms with E-state index in [-0.39, 0.29) is 23.5 Å². The van der Waals surface area contributed by atoms with E-state index in [2.05, 4.69) is 15.0 Å². The van der Waals surface area contributed by atoms with Gasteiger partial charge in [-0.15, -0.1) is 11.3 Å². The van der Waals surface area contributed by atoms with Crippen LogP contribution in [-0.4, -0.2) is 39.0 Å². The lowest BCUT2D eigenvalue weighted by Crippen LogP contribution is -2.15. The Morgan fingerprint density at radius 3 is 2.50 bits per heavy atom. The first-order chi connectivity index (χ1) is 15.3.